The van der Waals surface area contributed by atoms with Crippen molar-refractivity contribution in [3.63, 3.8) is 0 Å². The van der Waals surface area contributed by atoms with Crippen LogP contribution in [0.4, 0.5) is 6.01 Å². The highest BCUT2D eigenvalue weighted by Crippen LogP contribution is 2.11. The van der Waals surface area contributed by atoms with Gasteiger partial charge in [-0.2, -0.15) is 12.7 Å². The number of aromatic nitrogens is 2. The van der Waals surface area contributed by atoms with E-state index in [0.717, 1.165) is 6.39 Å². The summed E-state index contributed by atoms with van der Waals surface area (Å²) in [7, 11) is -4.54. The van der Waals surface area contributed by atoms with Gasteiger partial charge in [-0.25, -0.2) is 0 Å². The molecule has 0 atom stereocenters. The lowest BCUT2D eigenvalue weighted by atomic mass is 10.5. The van der Waals surface area contributed by atoms with Crippen molar-refractivity contribution in [3.05, 3.63) is 6.39 Å². The van der Waals surface area contributed by atoms with Crippen LogP contribution in [0.25, 0.3) is 0 Å². The first kappa shape index (κ1) is 13.3. The van der Waals surface area contributed by atoms with Crippen molar-refractivity contribution in [3.8, 4) is 0 Å². The van der Waals surface area contributed by atoms with E-state index in [0.29, 0.717) is 4.31 Å². The van der Waals surface area contributed by atoms with Gasteiger partial charge in [-0.3, -0.25) is 9.35 Å². The molecule has 0 bridgehead atoms. The SMILES string of the molecule is O=C(O)CNCCN(c1nnco1)S(=O)(=O)O. The average molecular weight is 266 g/mol. The highest BCUT2D eigenvalue weighted by atomic mass is 32.2. The van der Waals surface area contributed by atoms with E-state index >= 15 is 0 Å². The van der Waals surface area contributed by atoms with E-state index < -0.39 is 22.3 Å². The van der Waals surface area contributed by atoms with Gasteiger partial charge >= 0.3 is 22.3 Å². The van der Waals surface area contributed by atoms with Gasteiger partial charge in [0, 0.05) is 6.54 Å². The molecule has 0 amide bonds. The summed E-state index contributed by atoms with van der Waals surface area (Å²) in [5.41, 5.74) is 0. The van der Waals surface area contributed by atoms with Crippen LogP contribution >= 0.6 is 0 Å². The summed E-state index contributed by atoms with van der Waals surface area (Å²) in [5.74, 6) is -1.08. The topological polar surface area (TPSA) is 146 Å². The number of carboxylic acids is 1. The molecule has 1 aromatic heterocycles. The minimum Gasteiger partial charge on any atom is -0.480 e. The summed E-state index contributed by atoms with van der Waals surface area (Å²) >= 11 is 0. The molecule has 0 aliphatic rings. The third kappa shape index (κ3) is 4.34. The smallest absolute Gasteiger partial charge is 0.363 e. The molecule has 0 aromatic carbocycles. The zero-order chi connectivity index (χ0) is 12.9. The van der Waals surface area contributed by atoms with Crippen LogP contribution in [0.15, 0.2) is 10.8 Å². The Bertz CT molecular complexity index is 457. The van der Waals surface area contributed by atoms with E-state index in [2.05, 4.69) is 19.9 Å². The second-order valence-corrected chi connectivity index (χ2v) is 4.18. The van der Waals surface area contributed by atoms with Gasteiger partial charge in [0.2, 0.25) is 6.39 Å². The number of carboxylic acid groups (broad SMARTS) is 1. The van der Waals surface area contributed by atoms with E-state index in [9.17, 15) is 13.2 Å². The van der Waals surface area contributed by atoms with E-state index in [4.69, 9.17) is 9.66 Å². The Morgan fingerprint density at radius 1 is 1.59 bits per heavy atom. The number of nitrogens with zero attached hydrogens (tertiary/aromatic N) is 3. The molecule has 96 valence electrons. The largest absolute Gasteiger partial charge is 0.480 e. The molecule has 1 rings (SSSR count). The number of hydrogen-bond acceptors (Lipinski definition) is 7. The summed E-state index contributed by atoms with van der Waals surface area (Å²) in [6.45, 7) is -0.577. The molecule has 11 heteroatoms. The molecular formula is C6H10N4O6S. The van der Waals surface area contributed by atoms with Crippen LogP contribution in [0.1, 0.15) is 0 Å². The molecule has 0 radical (unpaired) electrons. The minimum atomic E-state index is -4.54. The first-order chi connectivity index (χ1) is 7.91. The van der Waals surface area contributed by atoms with Crippen molar-refractivity contribution in [2.24, 2.45) is 0 Å². The monoisotopic (exact) mass is 266 g/mol. The van der Waals surface area contributed by atoms with Crippen molar-refractivity contribution < 1.29 is 27.3 Å². The molecular weight excluding hydrogens is 256 g/mol. The zero-order valence-electron chi connectivity index (χ0n) is 8.48. The quantitative estimate of drug-likeness (QED) is 0.390. The normalized spacial score (nSPS) is 11.4. The number of rotatable bonds is 7. The molecule has 0 fully saturated rings. The summed E-state index contributed by atoms with van der Waals surface area (Å²) in [4.78, 5) is 10.2. The molecule has 1 heterocycles. The lowest BCUT2D eigenvalue weighted by molar-refractivity contribution is -0.135. The van der Waals surface area contributed by atoms with Crippen LogP contribution in [0.2, 0.25) is 0 Å². The Kier molecular flexibility index (Phi) is 4.37. The van der Waals surface area contributed by atoms with Crippen LogP contribution in [-0.4, -0.2) is 53.9 Å². The molecule has 0 aliphatic heterocycles. The van der Waals surface area contributed by atoms with Gasteiger partial charge < -0.3 is 14.8 Å². The lowest BCUT2D eigenvalue weighted by Gasteiger charge is -2.15. The predicted molar refractivity (Wildman–Crippen MR) is 53.7 cm³/mol. The first-order valence-corrected chi connectivity index (χ1v) is 5.75. The second-order valence-electron chi connectivity index (χ2n) is 2.84. The van der Waals surface area contributed by atoms with E-state index in [1.165, 1.54) is 0 Å². The molecule has 0 unspecified atom stereocenters. The Labute approximate surface area is 96.1 Å². The van der Waals surface area contributed by atoms with Gasteiger partial charge in [-0.05, 0) is 0 Å². The Morgan fingerprint density at radius 2 is 2.29 bits per heavy atom. The van der Waals surface area contributed by atoms with Gasteiger partial charge in [0.1, 0.15) is 0 Å². The second kappa shape index (κ2) is 5.56. The van der Waals surface area contributed by atoms with Gasteiger partial charge in [0.15, 0.2) is 0 Å². The lowest BCUT2D eigenvalue weighted by Crippen LogP contribution is -2.38. The van der Waals surface area contributed by atoms with Crippen LogP contribution in [0.3, 0.4) is 0 Å². The zero-order valence-corrected chi connectivity index (χ0v) is 9.29. The van der Waals surface area contributed by atoms with E-state index in [1.54, 1.807) is 0 Å². The molecule has 0 saturated heterocycles. The molecule has 1 aromatic rings. The van der Waals surface area contributed by atoms with Gasteiger partial charge in [-0.15, -0.1) is 5.10 Å². The van der Waals surface area contributed by atoms with Crippen molar-refractivity contribution in [1.82, 2.24) is 15.5 Å². The van der Waals surface area contributed by atoms with Crippen LogP contribution in [0, 0.1) is 0 Å². The standard InChI is InChI=1S/C6H10N4O6S/c11-5(12)3-7-1-2-10(17(13,14)15)6-9-8-4-16-6/h4,7H,1-3H2,(H,11,12)(H,13,14,15). The van der Waals surface area contributed by atoms with Gasteiger partial charge in [-0.1, -0.05) is 5.10 Å². The molecule has 17 heavy (non-hydrogen) atoms. The first-order valence-electron chi connectivity index (χ1n) is 4.35. The molecule has 0 aliphatic carbocycles. The number of hydrogen-bond donors (Lipinski definition) is 3. The van der Waals surface area contributed by atoms with Crippen LogP contribution in [-0.2, 0) is 15.1 Å². The number of anilines is 1. The van der Waals surface area contributed by atoms with Gasteiger partial charge in [0.25, 0.3) is 0 Å². The predicted octanol–water partition coefficient (Wildman–Crippen LogP) is -1.65. The molecule has 3 N–H and O–H groups in total. The fourth-order valence-electron chi connectivity index (χ4n) is 0.962. The number of carbonyl (C=O) groups is 1. The third-order valence-corrected chi connectivity index (χ3v) is 2.50. The van der Waals surface area contributed by atoms with Crippen LogP contribution in [0.5, 0.6) is 0 Å². The van der Waals surface area contributed by atoms with Gasteiger partial charge in [0.05, 0.1) is 13.1 Å². The summed E-state index contributed by atoms with van der Waals surface area (Å²) < 4.78 is 35.9. The minimum absolute atomic E-state index is 0.00549. The maximum absolute atomic E-state index is 11.0. The molecule has 10 nitrogen and oxygen atoms in total. The third-order valence-electron chi connectivity index (χ3n) is 1.61. The Balaban J connectivity index is 2.58. The summed E-state index contributed by atoms with van der Waals surface area (Å²) in [6, 6.07) is -0.398. The highest BCUT2D eigenvalue weighted by molar-refractivity contribution is 7.87. The maximum atomic E-state index is 11.0. The highest BCUT2D eigenvalue weighted by Gasteiger charge is 2.23. The van der Waals surface area contributed by atoms with E-state index in [-0.39, 0.29) is 19.6 Å². The number of aliphatic carboxylic acids is 1. The number of nitrogens with one attached hydrogen (secondary N) is 1. The average Bonchev–Trinajstić information content (AvgIpc) is 2.67. The molecule has 0 spiro atoms. The van der Waals surface area contributed by atoms with Crippen LogP contribution < -0.4 is 9.62 Å². The summed E-state index contributed by atoms with van der Waals surface area (Å²) in [5, 5.41) is 17.4. The van der Waals surface area contributed by atoms with Crippen molar-refractivity contribution in [2.45, 2.75) is 0 Å². The summed E-state index contributed by atoms with van der Waals surface area (Å²) in [6.07, 6.45) is 0.901. The van der Waals surface area contributed by atoms with E-state index in [1.807, 2.05) is 0 Å². The Morgan fingerprint density at radius 3 is 2.76 bits per heavy atom. The van der Waals surface area contributed by atoms with Crippen molar-refractivity contribution in [2.75, 3.05) is 23.9 Å². The fraction of sp³-hybridized carbons (Fsp3) is 0.500. The fourth-order valence-corrected chi connectivity index (χ4v) is 1.56. The maximum Gasteiger partial charge on any atom is 0.363 e. The Hall–Kier alpha value is -1.72. The van der Waals surface area contributed by atoms with Crippen molar-refractivity contribution in [1.29, 1.82) is 0 Å². The molecule has 0 saturated carbocycles. The van der Waals surface area contributed by atoms with Crippen molar-refractivity contribution >= 4 is 22.3 Å².